The fourth-order valence-corrected chi connectivity index (χ4v) is 3.79. The molecule has 3 rings (SSSR count). The second-order valence-corrected chi connectivity index (χ2v) is 8.08. The van der Waals surface area contributed by atoms with Crippen molar-refractivity contribution in [1.82, 2.24) is 20.4 Å². The normalized spacial score (nSPS) is 19.6. The summed E-state index contributed by atoms with van der Waals surface area (Å²) in [4.78, 5) is 20.7. The Bertz CT molecular complexity index is 723. The molecule has 0 aromatic heterocycles. The van der Waals surface area contributed by atoms with Gasteiger partial charge in [-0.3, -0.25) is 4.79 Å². The van der Waals surface area contributed by atoms with Crippen LogP contribution in [0, 0.1) is 0 Å². The van der Waals surface area contributed by atoms with Crippen molar-refractivity contribution in [3.63, 3.8) is 0 Å². The van der Waals surface area contributed by atoms with Crippen LogP contribution in [0.2, 0.25) is 0 Å². The van der Waals surface area contributed by atoms with E-state index >= 15 is 0 Å². The number of likely N-dealkylation sites (tertiary alicyclic amines) is 1. The van der Waals surface area contributed by atoms with Gasteiger partial charge >= 0.3 is 0 Å². The van der Waals surface area contributed by atoms with E-state index in [1.165, 1.54) is 0 Å². The molecule has 1 aromatic rings. The van der Waals surface area contributed by atoms with Gasteiger partial charge in [0.2, 0.25) is 5.91 Å². The number of nitrogens with one attached hydrogen (secondary N) is 2. The van der Waals surface area contributed by atoms with Gasteiger partial charge in [-0.15, -0.1) is 24.0 Å². The van der Waals surface area contributed by atoms with E-state index in [-0.39, 0.29) is 42.5 Å². The third-order valence-corrected chi connectivity index (χ3v) is 5.68. The molecule has 8 nitrogen and oxygen atoms in total. The highest BCUT2D eigenvalue weighted by atomic mass is 127. The number of rotatable bonds is 7. The Hall–Kier alpha value is -1.59. The molecule has 2 aliphatic heterocycles. The maximum absolute atomic E-state index is 12.1. The Morgan fingerprint density at radius 2 is 1.97 bits per heavy atom. The number of carbonyl (C=O) groups excluding carboxylic acids is 1. The van der Waals surface area contributed by atoms with Crippen molar-refractivity contribution in [2.45, 2.75) is 31.3 Å². The number of piperidine rings is 1. The van der Waals surface area contributed by atoms with E-state index in [0.717, 1.165) is 56.8 Å². The number of ether oxygens (including phenoxy) is 2. The molecule has 2 aliphatic rings. The number of benzene rings is 1. The average molecular weight is 545 g/mol. The number of hydrogen-bond acceptors (Lipinski definition) is 5. The highest BCUT2D eigenvalue weighted by molar-refractivity contribution is 14.0. The average Bonchev–Trinajstić information content (AvgIpc) is 2.77. The molecule has 0 radical (unpaired) electrons. The fourth-order valence-electron chi connectivity index (χ4n) is 3.79. The summed E-state index contributed by atoms with van der Waals surface area (Å²) < 4.78 is 11.0. The van der Waals surface area contributed by atoms with Crippen molar-refractivity contribution in [3.05, 3.63) is 29.8 Å². The first-order valence-corrected chi connectivity index (χ1v) is 10.8. The van der Waals surface area contributed by atoms with Crippen LogP contribution in [-0.4, -0.2) is 88.3 Å². The molecule has 1 aromatic carbocycles. The van der Waals surface area contributed by atoms with Gasteiger partial charge in [0, 0.05) is 58.9 Å². The van der Waals surface area contributed by atoms with E-state index in [1.807, 2.05) is 18.2 Å². The van der Waals surface area contributed by atoms with E-state index in [4.69, 9.17) is 9.47 Å². The van der Waals surface area contributed by atoms with Gasteiger partial charge in [0.05, 0.1) is 19.3 Å². The summed E-state index contributed by atoms with van der Waals surface area (Å²) >= 11 is 0. The summed E-state index contributed by atoms with van der Waals surface area (Å²) in [5.74, 6) is 1.59. The molecular weight excluding hydrogens is 509 g/mol. The van der Waals surface area contributed by atoms with E-state index in [1.54, 1.807) is 26.1 Å². The molecular formula is C22H36IN5O3. The topological polar surface area (TPSA) is 78.4 Å². The quantitative estimate of drug-likeness (QED) is 0.310. The van der Waals surface area contributed by atoms with Crippen LogP contribution in [0.25, 0.3) is 0 Å². The Morgan fingerprint density at radius 1 is 1.23 bits per heavy atom. The summed E-state index contributed by atoms with van der Waals surface area (Å²) in [6.07, 6.45) is 2.93. The van der Waals surface area contributed by atoms with E-state index < -0.39 is 0 Å². The van der Waals surface area contributed by atoms with Crippen LogP contribution >= 0.6 is 24.0 Å². The lowest BCUT2D eigenvalue weighted by Gasteiger charge is -2.34. The molecule has 31 heavy (non-hydrogen) atoms. The van der Waals surface area contributed by atoms with Crippen LogP contribution in [0.5, 0.6) is 5.75 Å². The van der Waals surface area contributed by atoms with Crippen LogP contribution in [0.15, 0.2) is 29.3 Å². The van der Waals surface area contributed by atoms with Gasteiger partial charge in [0.1, 0.15) is 12.3 Å². The van der Waals surface area contributed by atoms with Gasteiger partial charge in [-0.2, -0.15) is 0 Å². The number of nitrogens with zero attached hydrogens (tertiary/aromatic N) is 3. The number of amides is 1. The van der Waals surface area contributed by atoms with E-state index in [2.05, 4.69) is 26.6 Å². The minimum atomic E-state index is -0.0159. The maximum Gasteiger partial charge on any atom is 0.243 e. The first-order chi connectivity index (χ1) is 14.6. The largest absolute Gasteiger partial charge is 0.493 e. The maximum atomic E-state index is 12.1. The van der Waals surface area contributed by atoms with Gasteiger partial charge in [0.15, 0.2) is 5.96 Å². The fraction of sp³-hybridized carbons (Fsp3) is 0.636. The van der Waals surface area contributed by atoms with Crippen molar-refractivity contribution in [2.75, 3.05) is 60.6 Å². The zero-order valence-corrected chi connectivity index (χ0v) is 21.1. The Morgan fingerprint density at radius 3 is 2.68 bits per heavy atom. The number of aliphatic imine (C=N–C) groups is 1. The summed E-state index contributed by atoms with van der Waals surface area (Å²) in [5.41, 5.74) is 1.13. The molecule has 1 amide bonds. The van der Waals surface area contributed by atoms with Crippen LogP contribution < -0.4 is 15.4 Å². The molecule has 2 heterocycles. The molecule has 0 saturated carbocycles. The monoisotopic (exact) mass is 545 g/mol. The zero-order valence-electron chi connectivity index (χ0n) is 18.8. The summed E-state index contributed by atoms with van der Waals surface area (Å²) in [6.45, 7) is 4.59. The Labute approximate surface area is 202 Å². The highest BCUT2D eigenvalue weighted by Crippen LogP contribution is 2.31. The third-order valence-electron chi connectivity index (χ3n) is 5.68. The summed E-state index contributed by atoms with van der Waals surface area (Å²) in [6, 6.07) is 8.54. The SMILES string of the molecule is COCCN1CCC(NC(=NCC(=O)N(C)C)NC2CCOc3ccccc32)CC1.I. The van der Waals surface area contributed by atoms with Gasteiger partial charge in [-0.25, -0.2) is 4.99 Å². The lowest BCUT2D eigenvalue weighted by atomic mass is 10.0. The summed E-state index contributed by atoms with van der Waals surface area (Å²) in [7, 11) is 5.25. The molecule has 2 N–H and O–H groups in total. The van der Waals surface area contributed by atoms with Crippen molar-refractivity contribution in [1.29, 1.82) is 0 Å². The van der Waals surface area contributed by atoms with Gasteiger partial charge in [0.25, 0.3) is 0 Å². The second kappa shape index (κ2) is 13.1. The van der Waals surface area contributed by atoms with Crippen molar-refractivity contribution >= 4 is 35.8 Å². The number of guanidine groups is 1. The van der Waals surface area contributed by atoms with Crippen molar-refractivity contribution < 1.29 is 14.3 Å². The Balaban J connectivity index is 0.00000341. The number of methoxy groups -OCH3 is 1. The van der Waals surface area contributed by atoms with Crippen molar-refractivity contribution in [3.8, 4) is 5.75 Å². The number of halogens is 1. The highest BCUT2D eigenvalue weighted by Gasteiger charge is 2.24. The molecule has 1 unspecified atom stereocenters. The van der Waals surface area contributed by atoms with E-state index in [9.17, 15) is 4.79 Å². The Kier molecular flexibility index (Phi) is 10.8. The van der Waals surface area contributed by atoms with Crippen LogP contribution in [-0.2, 0) is 9.53 Å². The summed E-state index contributed by atoms with van der Waals surface area (Å²) in [5, 5.41) is 7.13. The predicted octanol–water partition coefficient (Wildman–Crippen LogP) is 1.86. The zero-order chi connectivity index (χ0) is 21.3. The number of carbonyl (C=O) groups is 1. The minimum Gasteiger partial charge on any atom is -0.493 e. The van der Waals surface area contributed by atoms with Gasteiger partial charge in [-0.1, -0.05) is 18.2 Å². The number of likely N-dealkylation sites (N-methyl/N-ethyl adjacent to an activating group) is 1. The molecule has 9 heteroatoms. The van der Waals surface area contributed by atoms with Gasteiger partial charge in [-0.05, 0) is 18.9 Å². The molecule has 1 atom stereocenters. The minimum absolute atomic E-state index is 0. The second-order valence-electron chi connectivity index (χ2n) is 8.08. The molecule has 1 fully saturated rings. The van der Waals surface area contributed by atoms with Crippen molar-refractivity contribution in [2.24, 2.45) is 4.99 Å². The molecule has 174 valence electrons. The first-order valence-electron chi connectivity index (χ1n) is 10.8. The third kappa shape index (κ3) is 7.80. The number of hydrogen-bond donors (Lipinski definition) is 2. The number of para-hydroxylation sites is 1. The first kappa shape index (κ1) is 25.7. The number of fused-ring (bicyclic) bond motifs is 1. The van der Waals surface area contributed by atoms with Gasteiger partial charge < -0.3 is 29.9 Å². The van der Waals surface area contributed by atoms with Crippen LogP contribution in [0.3, 0.4) is 0 Å². The molecule has 0 bridgehead atoms. The molecule has 0 spiro atoms. The standard InChI is InChI=1S/C22H35N5O3.HI/c1-26(2)21(28)16-23-22(24-17-8-11-27(12-9-17)13-15-29-3)25-19-10-14-30-20-7-5-4-6-18(19)20;/h4-7,17,19H,8-16H2,1-3H3,(H2,23,24,25);1H. The van der Waals surface area contributed by atoms with E-state index in [0.29, 0.717) is 18.6 Å². The molecule has 0 aliphatic carbocycles. The predicted molar refractivity (Wildman–Crippen MR) is 133 cm³/mol. The molecule has 1 saturated heterocycles. The van der Waals surface area contributed by atoms with Crippen LogP contribution in [0.4, 0.5) is 0 Å². The lowest BCUT2D eigenvalue weighted by molar-refractivity contribution is -0.127. The smallest absolute Gasteiger partial charge is 0.243 e. The lowest BCUT2D eigenvalue weighted by Crippen LogP contribution is -2.50. The van der Waals surface area contributed by atoms with Crippen LogP contribution in [0.1, 0.15) is 30.9 Å².